The van der Waals surface area contributed by atoms with Gasteiger partial charge in [0.2, 0.25) is 0 Å². The fraction of sp³-hybridized carbons (Fsp3) is 0.533. The molecule has 1 heterocycles. The molecule has 0 radical (unpaired) electrons. The van der Waals surface area contributed by atoms with Gasteiger partial charge in [-0.2, -0.15) is 0 Å². The van der Waals surface area contributed by atoms with Crippen LogP contribution in [0.25, 0.3) is 0 Å². The van der Waals surface area contributed by atoms with E-state index in [0.717, 1.165) is 36.6 Å². The number of nitrogens with one attached hydrogen (secondary N) is 1. The van der Waals surface area contributed by atoms with E-state index in [1.165, 1.54) is 3.57 Å². The van der Waals surface area contributed by atoms with Crippen molar-refractivity contribution in [3.63, 3.8) is 0 Å². The van der Waals surface area contributed by atoms with E-state index in [1.54, 1.807) is 0 Å². The smallest absolute Gasteiger partial charge is 0.339 e. The summed E-state index contributed by atoms with van der Waals surface area (Å²) in [5, 5.41) is 3.36. The summed E-state index contributed by atoms with van der Waals surface area (Å²) < 4.78 is 10.3. The van der Waals surface area contributed by atoms with Crippen LogP contribution in [0.3, 0.4) is 0 Å². The number of halogens is 4. The Kier molecular flexibility index (Phi) is 7.50. The van der Waals surface area contributed by atoms with Gasteiger partial charge in [0.15, 0.2) is 0 Å². The van der Waals surface area contributed by atoms with Crippen LogP contribution in [0.15, 0.2) is 6.07 Å². The van der Waals surface area contributed by atoms with Gasteiger partial charge in [0, 0.05) is 20.2 Å². The van der Waals surface area contributed by atoms with Gasteiger partial charge in [0.25, 0.3) is 0 Å². The number of hydrogen-bond donors (Lipinski definition) is 1. The second kappa shape index (κ2) is 8.30. The molecule has 3 nitrogen and oxygen atoms in total. The van der Waals surface area contributed by atoms with Crippen LogP contribution >= 0.6 is 90.4 Å². The molecule has 0 atom stereocenters. The van der Waals surface area contributed by atoms with Gasteiger partial charge in [-0.3, -0.25) is 0 Å². The summed E-state index contributed by atoms with van der Waals surface area (Å²) in [6, 6.07) is 1.94. The molecule has 1 fully saturated rings. The Morgan fingerprint density at radius 2 is 1.73 bits per heavy atom. The molecule has 0 bridgehead atoms. The summed E-state index contributed by atoms with van der Waals surface area (Å²) in [5.74, 6) is 0.206. The second-order valence-corrected chi connectivity index (χ2v) is 10.3. The highest BCUT2D eigenvalue weighted by Gasteiger charge is 2.35. The molecule has 7 heteroatoms. The van der Waals surface area contributed by atoms with Gasteiger partial charge in [-0.1, -0.05) is 0 Å². The lowest BCUT2D eigenvalue weighted by molar-refractivity contribution is -0.0369. The Morgan fingerprint density at radius 3 is 2.32 bits per heavy atom. The van der Waals surface area contributed by atoms with E-state index in [9.17, 15) is 4.79 Å². The van der Waals surface area contributed by atoms with Crippen molar-refractivity contribution in [2.45, 2.75) is 32.3 Å². The monoisotopic (exact) mass is 751 g/mol. The van der Waals surface area contributed by atoms with E-state index in [0.29, 0.717) is 11.5 Å². The Labute approximate surface area is 186 Å². The predicted molar refractivity (Wildman–Crippen MR) is 122 cm³/mol. The van der Waals surface area contributed by atoms with Crippen LogP contribution in [0, 0.1) is 20.2 Å². The highest BCUT2D eigenvalue weighted by atomic mass is 127. The lowest BCUT2D eigenvalue weighted by Crippen LogP contribution is -2.42. The molecule has 0 amide bonds. The molecular formula is C15H17I4NO2. The van der Waals surface area contributed by atoms with Gasteiger partial charge in [-0.25, -0.2) is 4.79 Å². The first-order valence-electron chi connectivity index (χ1n) is 7.01. The first kappa shape index (κ1) is 19.9. The number of hydrogen-bond acceptors (Lipinski definition) is 3. The largest absolute Gasteiger partial charge is 0.456 e. The summed E-state index contributed by atoms with van der Waals surface area (Å²) in [6.07, 6.45) is 2.11. The maximum absolute atomic E-state index is 12.7. The van der Waals surface area contributed by atoms with Crippen LogP contribution in [0.1, 0.15) is 37.0 Å². The lowest BCUT2D eigenvalue weighted by atomic mass is 9.83. The summed E-state index contributed by atoms with van der Waals surface area (Å²) >= 11 is 9.13. The van der Waals surface area contributed by atoms with Crippen LogP contribution < -0.4 is 5.32 Å². The maximum Gasteiger partial charge on any atom is 0.339 e. The first-order chi connectivity index (χ1) is 10.2. The number of carbonyl (C=O) groups is 1. The van der Waals surface area contributed by atoms with Gasteiger partial charge in [0.05, 0.1) is 5.56 Å². The predicted octanol–water partition coefficient (Wildman–Crippen LogP) is 5.04. The summed E-state index contributed by atoms with van der Waals surface area (Å²) in [6.45, 7) is 6.08. The average Bonchev–Trinajstić information content (AvgIpc) is 2.49. The molecule has 22 heavy (non-hydrogen) atoms. The first-order valence-corrected chi connectivity index (χ1v) is 11.3. The van der Waals surface area contributed by atoms with Gasteiger partial charge in [-0.05, 0) is 136 Å². The summed E-state index contributed by atoms with van der Waals surface area (Å²) in [4.78, 5) is 12.7. The maximum atomic E-state index is 12.7. The molecule has 0 spiro atoms. The third-order valence-electron chi connectivity index (χ3n) is 4.00. The van der Waals surface area contributed by atoms with Crippen molar-refractivity contribution in [3.8, 4) is 0 Å². The molecule has 1 aromatic rings. The molecule has 0 unspecified atom stereocenters. The molecular weight excluding hydrogens is 734 g/mol. The minimum absolute atomic E-state index is 0.208. The Bertz CT molecular complexity index is 583. The minimum Gasteiger partial charge on any atom is -0.456 e. The topological polar surface area (TPSA) is 38.3 Å². The van der Waals surface area contributed by atoms with Crippen molar-refractivity contribution in [2.24, 2.45) is 5.92 Å². The zero-order valence-corrected chi connectivity index (χ0v) is 20.9. The molecule has 2 rings (SSSR count). The molecule has 122 valence electrons. The number of ether oxygens (including phenoxy) is 1. The SMILES string of the molecule is CC(C)(OC(=O)c1cc(I)c(I)c(I)c1I)C1CCNCC1. The van der Waals surface area contributed by atoms with Crippen molar-refractivity contribution in [1.82, 2.24) is 5.32 Å². The molecule has 1 aromatic carbocycles. The van der Waals surface area contributed by atoms with Gasteiger partial charge in [-0.15, -0.1) is 0 Å². The Morgan fingerprint density at radius 1 is 1.14 bits per heavy atom. The highest BCUT2D eigenvalue weighted by molar-refractivity contribution is 14.1. The van der Waals surface area contributed by atoms with Crippen molar-refractivity contribution >= 4 is 96.3 Å². The summed E-state index contributed by atoms with van der Waals surface area (Å²) in [5.41, 5.74) is 0.249. The standard InChI is InChI=1S/C15H17I4NO2/c1-15(2,8-3-5-20-6-4-8)22-14(21)9-7-10(16)12(18)13(19)11(9)17/h7-8,20H,3-6H2,1-2H3. The van der Waals surface area contributed by atoms with Crippen molar-refractivity contribution in [3.05, 3.63) is 25.9 Å². The van der Waals surface area contributed by atoms with Crippen molar-refractivity contribution in [2.75, 3.05) is 13.1 Å². The third-order valence-corrected chi connectivity index (χ3v) is 11.3. The van der Waals surface area contributed by atoms with Crippen LogP contribution in [-0.2, 0) is 4.74 Å². The number of esters is 1. The van der Waals surface area contributed by atoms with E-state index >= 15 is 0 Å². The molecule has 1 saturated heterocycles. The zero-order chi connectivity index (χ0) is 16.5. The van der Waals surface area contributed by atoms with Crippen molar-refractivity contribution < 1.29 is 9.53 Å². The highest BCUT2D eigenvalue weighted by Crippen LogP contribution is 2.33. The van der Waals surface area contributed by atoms with E-state index in [4.69, 9.17) is 4.74 Å². The number of benzene rings is 1. The molecule has 0 aliphatic carbocycles. The van der Waals surface area contributed by atoms with Crippen LogP contribution in [0.5, 0.6) is 0 Å². The van der Waals surface area contributed by atoms with E-state index < -0.39 is 5.60 Å². The molecule has 0 aromatic heterocycles. The average molecular weight is 751 g/mol. The van der Waals surface area contributed by atoms with Crippen molar-refractivity contribution in [1.29, 1.82) is 0 Å². The molecule has 1 aliphatic rings. The van der Waals surface area contributed by atoms with E-state index in [2.05, 4.69) is 95.7 Å². The van der Waals surface area contributed by atoms with E-state index in [-0.39, 0.29) is 5.97 Å². The molecule has 1 N–H and O–H groups in total. The third kappa shape index (κ3) is 4.59. The lowest BCUT2D eigenvalue weighted by Gasteiger charge is -2.36. The Balaban J connectivity index is 2.22. The fourth-order valence-electron chi connectivity index (χ4n) is 2.62. The van der Waals surface area contributed by atoms with Crippen LogP contribution in [0.4, 0.5) is 0 Å². The second-order valence-electron chi connectivity index (χ2n) is 5.87. The normalized spacial score (nSPS) is 16.6. The van der Waals surface area contributed by atoms with E-state index in [1.807, 2.05) is 19.9 Å². The minimum atomic E-state index is -0.428. The number of piperidine rings is 1. The van der Waals surface area contributed by atoms with Gasteiger partial charge in [0.1, 0.15) is 5.60 Å². The van der Waals surface area contributed by atoms with Gasteiger partial charge < -0.3 is 10.1 Å². The summed E-state index contributed by atoms with van der Waals surface area (Å²) in [7, 11) is 0. The van der Waals surface area contributed by atoms with Crippen LogP contribution in [0.2, 0.25) is 0 Å². The fourth-order valence-corrected chi connectivity index (χ4v) is 5.88. The molecule has 0 saturated carbocycles. The number of rotatable bonds is 3. The van der Waals surface area contributed by atoms with Crippen LogP contribution in [-0.4, -0.2) is 24.7 Å². The number of carbonyl (C=O) groups excluding carboxylic acids is 1. The van der Waals surface area contributed by atoms with Gasteiger partial charge >= 0.3 is 5.97 Å². The zero-order valence-electron chi connectivity index (χ0n) is 12.3. The Hall–Kier alpha value is 1.57. The molecule has 1 aliphatic heterocycles. The quantitative estimate of drug-likeness (QED) is 0.204.